The number of piperidine rings is 1. The maximum Gasteiger partial charge on any atom is 0.317 e. The first kappa shape index (κ1) is 22.6. The highest BCUT2D eigenvalue weighted by Gasteiger charge is 2.25. The summed E-state index contributed by atoms with van der Waals surface area (Å²) in [5.41, 5.74) is 0.883. The van der Waals surface area contributed by atoms with Gasteiger partial charge in [-0.2, -0.15) is 4.98 Å². The van der Waals surface area contributed by atoms with Crippen LogP contribution in [0, 0.1) is 0 Å². The maximum absolute atomic E-state index is 11.0. The summed E-state index contributed by atoms with van der Waals surface area (Å²) in [5.74, 6) is 0.447. The molecule has 3 rings (SSSR count). The molecule has 2 heterocycles. The van der Waals surface area contributed by atoms with Crippen LogP contribution in [0.25, 0.3) is 11.4 Å². The smallest absolute Gasteiger partial charge is 0.317 e. The summed E-state index contributed by atoms with van der Waals surface area (Å²) < 4.78 is 5.37. The highest BCUT2D eigenvalue weighted by Crippen LogP contribution is 2.20. The van der Waals surface area contributed by atoms with Crippen molar-refractivity contribution in [2.45, 2.75) is 32.2 Å². The molecule has 1 fully saturated rings. The van der Waals surface area contributed by atoms with E-state index in [4.69, 9.17) is 21.2 Å². The minimum Gasteiger partial charge on any atom is -0.480 e. The van der Waals surface area contributed by atoms with Crippen molar-refractivity contribution in [3.63, 3.8) is 0 Å². The summed E-state index contributed by atoms with van der Waals surface area (Å²) in [4.78, 5) is 19.9. The first-order valence-electron chi connectivity index (χ1n) is 9.32. The molecule has 1 aliphatic heterocycles. The van der Waals surface area contributed by atoms with Crippen molar-refractivity contribution >= 4 is 30.0 Å². The Balaban J connectivity index is 0.00000280. The number of nitrogens with zero attached hydrogens (tertiary/aromatic N) is 4. The fraction of sp³-hybridized carbons (Fsp3) is 0.526. The molecule has 0 saturated carbocycles. The Hall–Kier alpha value is -1.67. The molecule has 9 heteroatoms. The molecule has 154 valence electrons. The number of hydrogen-bond donors (Lipinski definition) is 1. The number of aliphatic carboxylic acids is 1. The molecule has 0 aliphatic carbocycles. The first-order valence-corrected chi connectivity index (χ1v) is 9.69. The topological polar surface area (TPSA) is 82.7 Å². The number of carbonyl (C=O) groups is 1. The van der Waals surface area contributed by atoms with Gasteiger partial charge in [-0.25, -0.2) is 0 Å². The normalized spacial score (nSPS) is 15.5. The standard InChI is InChI=1S/C19H25ClN4O3.ClH/c1-2-24(13-18(25)26)16-7-10-23(11-8-16)12-9-17-21-19(22-27-17)14-3-5-15(20)6-4-14;/h3-6,16H,2,7-13H2,1H3,(H,25,26);1H. The molecular formula is C19H26Cl2N4O3. The Kier molecular flexibility index (Phi) is 8.69. The Morgan fingerprint density at radius 1 is 1.32 bits per heavy atom. The van der Waals surface area contributed by atoms with Gasteiger partial charge < -0.3 is 14.5 Å². The van der Waals surface area contributed by atoms with E-state index in [1.165, 1.54) is 0 Å². The van der Waals surface area contributed by atoms with E-state index >= 15 is 0 Å². The van der Waals surface area contributed by atoms with E-state index in [2.05, 4.69) is 19.9 Å². The molecule has 1 saturated heterocycles. The van der Waals surface area contributed by atoms with E-state index in [0.717, 1.165) is 44.6 Å². The summed E-state index contributed by atoms with van der Waals surface area (Å²) in [7, 11) is 0. The van der Waals surface area contributed by atoms with Crippen LogP contribution in [0.1, 0.15) is 25.7 Å². The zero-order valence-corrected chi connectivity index (χ0v) is 17.5. The molecule has 28 heavy (non-hydrogen) atoms. The highest BCUT2D eigenvalue weighted by atomic mass is 35.5. The van der Waals surface area contributed by atoms with Gasteiger partial charge in [-0.05, 0) is 56.7 Å². The molecule has 1 aromatic heterocycles. The predicted molar refractivity (Wildman–Crippen MR) is 110 cm³/mol. The molecule has 7 nitrogen and oxygen atoms in total. The first-order chi connectivity index (χ1) is 13.0. The zero-order valence-electron chi connectivity index (χ0n) is 15.9. The fourth-order valence-corrected chi connectivity index (χ4v) is 3.63. The predicted octanol–water partition coefficient (Wildman–Crippen LogP) is 3.23. The summed E-state index contributed by atoms with van der Waals surface area (Å²) in [6.07, 6.45) is 2.68. The van der Waals surface area contributed by atoms with Crippen LogP contribution in [0.3, 0.4) is 0 Å². The van der Waals surface area contributed by atoms with E-state index in [0.29, 0.717) is 29.2 Å². The van der Waals surface area contributed by atoms with E-state index < -0.39 is 5.97 Å². The molecule has 2 aromatic rings. The fourth-order valence-electron chi connectivity index (χ4n) is 3.51. The van der Waals surface area contributed by atoms with E-state index in [9.17, 15) is 4.79 Å². The van der Waals surface area contributed by atoms with Crippen LogP contribution in [0.2, 0.25) is 5.02 Å². The summed E-state index contributed by atoms with van der Waals surface area (Å²) in [6, 6.07) is 7.71. The van der Waals surface area contributed by atoms with Gasteiger partial charge in [0.25, 0.3) is 0 Å². The number of benzene rings is 1. The SMILES string of the molecule is CCN(CC(=O)O)C1CCN(CCc2nc(-c3ccc(Cl)cc3)no2)CC1.Cl. The third-order valence-electron chi connectivity index (χ3n) is 5.03. The van der Waals surface area contributed by atoms with Crippen LogP contribution >= 0.6 is 24.0 Å². The van der Waals surface area contributed by atoms with Gasteiger partial charge in [0.1, 0.15) is 0 Å². The summed E-state index contributed by atoms with van der Waals surface area (Å²) >= 11 is 5.90. The van der Waals surface area contributed by atoms with Gasteiger partial charge in [-0.1, -0.05) is 23.7 Å². The maximum atomic E-state index is 11.0. The minimum absolute atomic E-state index is 0. The lowest BCUT2D eigenvalue weighted by molar-refractivity contribution is -0.139. The second-order valence-corrected chi connectivity index (χ2v) is 7.23. The molecule has 1 N–H and O–H groups in total. The lowest BCUT2D eigenvalue weighted by Crippen LogP contribution is -2.46. The number of likely N-dealkylation sites (tertiary alicyclic amines) is 1. The lowest BCUT2D eigenvalue weighted by Gasteiger charge is -2.37. The summed E-state index contributed by atoms with van der Waals surface area (Å²) in [6.45, 7) is 5.68. The van der Waals surface area contributed by atoms with Crippen molar-refractivity contribution in [2.75, 3.05) is 32.7 Å². The van der Waals surface area contributed by atoms with Crippen LogP contribution in [-0.4, -0.2) is 69.8 Å². The van der Waals surface area contributed by atoms with E-state index in [-0.39, 0.29) is 19.0 Å². The molecule has 0 unspecified atom stereocenters. The quantitative estimate of drug-likeness (QED) is 0.690. The van der Waals surface area contributed by atoms with Gasteiger partial charge in [-0.3, -0.25) is 9.69 Å². The molecular weight excluding hydrogens is 403 g/mol. The average molecular weight is 429 g/mol. The van der Waals surface area contributed by atoms with Crippen molar-refractivity contribution in [1.29, 1.82) is 0 Å². The molecule has 0 amide bonds. The van der Waals surface area contributed by atoms with Crippen LogP contribution < -0.4 is 0 Å². The highest BCUT2D eigenvalue weighted by molar-refractivity contribution is 6.30. The molecule has 1 aliphatic rings. The second-order valence-electron chi connectivity index (χ2n) is 6.80. The number of aromatic nitrogens is 2. The van der Waals surface area contributed by atoms with Crippen LogP contribution in [0.15, 0.2) is 28.8 Å². The second kappa shape index (κ2) is 10.8. The van der Waals surface area contributed by atoms with Crippen molar-refractivity contribution in [2.24, 2.45) is 0 Å². The zero-order chi connectivity index (χ0) is 19.2. The lowest BCUT2D eigenvalue weighted by atomic mass is 10.0. The minimum atomic E-state index is -0.757. The van der Waals surface area contributed by atoms with Gasteiger partial charge in [0.15, 0.2) is 0 Å². The van der Waals surface area contributed by atoms with Crippen LogP contribution in [0.5, 0.6) is 0 Å². The van der Waals surface area contributed by atoms with Gasteiger partial charge in [-0.15, -0.1) is 12.4 Å². The number of halogens is 2. The molecule has 0 atom stereocenters. The number of carboxylic acids is 1. The molecule has 0 bridgehead atoms. The molecule has 0 radical (unpaired) electrons. The van der Waals surface area contributed by atoms with Crippen LogP contribution in [0.4, 0.5) is 0 Å². The van der Waals surface area contributed by atoms with E-state index in [1.807, 2.05) is 19.1 Å². The van der Waals surface area contributed by atoms with Crippen molar-refractivity contribution in [3.8, 4) is 11.4 Å². The van der Waals surface area contributed by atoms with Gasteiger partial charge in [0.05, 0.1) is 6.54 Å². The average Bonchev–Trinajstić information content (AvgIpc) is 3.14. The number of carboxylic acid groups (broad SMARTS) is 1. The summed E-state index contributed by atoms with van der Waals surface area (Å²) in [5, 5.41) is 13.7. The molecule has 1 aromatic carbocycles. The van der Waals surface area contributed by atoms with Crippen molar-refractivity contribution in [3.05, 3.63) is 35.2 Å². The largest absolute Gasteiger partial charge is 0.480 e. The Morgan fingerprint density at radius 3 is 2.61 bits per heavy atom. The van der Waals surface area contributed by atoms with E-state index in [1.54, 1.807) is 12.1 Å². The van der Waals surface area contributed by atoms with Crippen molar-refractivity contribution < 1.29 is 14.4 Å². The number of rotatable bonds is 8. The Morgan fingerprint density at radius 2 is 2.00 bits per heavy atom. The van der Waals surface area contributed by atoms with Crippen LogP contribution in [-0.2, 0) is 11.2 Å². The Labute approximate surface area is 176 Å². The Bertz CT molecular complexity index is 746. The third kappa shape index (κ3) is 6.17. The van der Waals surface area contributed by atoms with Crippen molar-refractivity contribution in [1.82, 2.24) is 19.9 Å². The van der Waals surface area contributed by atoms with Gasteiger partial charge >= 0.3 is 5.97 Å². The monoisotopic (exact) mass is 428 g/mol. The number of hydrogen-bond acceptors (Lipinski definition) is 6. The number of likely N-dealkylation sites (N-methyl/N-ethyl adjacent to an activating group) is 1. The van der Waals surface area contributed by atoms with Gasteiger partial charge in [0, 0.05) is 29.6 Å². The van der Waals surface area contributed by atoms with Gasteiger partial charge in [0.2, 0.25) is 11.7 Å². The molecule has 0 spiro atoms. The third-order valence-corrected chi connectivity index (χ3v) is 5.28.